The topological polar surface area (TPSA) is 71.7 Å². The van der Waals surface area contributed by atoms with Crippen molar-refractivity contribution in [3.05, 3.63) is 42.3 Å². The Kier molecular flexibility index (Phi) is 5.05. The Morgan fingerprint density at radius 2 is 2.04 bits per heavy atom. The predicted octanol–water partition coefficient (Wildman–Crippen LogP) is 3.21. The first-order chi connectivity index (χ1) is 12.4. The van der Waals surface area contributed by atoms with Crippen molar-refractivity contribution in [2.45, 2.75) is 45.4 Å². The lowest BCUT2D eigenvalue weighted by atomic mass is 9.56. The van der Waals surface area contributed by atoms with Gasteiger partial charge < -0.3 is 19.8 Å². The summed E-state index contributed by atoms with van der Waals surface area (Å²) < 4.78 is 11.3. The van der Waals surface area contributed by atoms with Gasteiger partial charge >= 0.3 is 0 Å². The van der Waals surface area contributed by atoms with Gasteiger partial charge in [0.25, 0.3) is 0 Å². The molecule has 140 valence electrons. The van der Waals surface area contributed by atoms with Crippen molar-refractivity contribution in [1.82, 2.24) is 15.6 Å². The number of oxazole rings is 1. The average Bonchev–Trinajstić information content (AvgIpc) is 3.13. The minimum atomic E-state index is -0.111. The van der Waals surface area contributed by atoms with Crippen molar-refractivity contribution in [3.8, 4) is 11.5 Å². The third kappa shape index (κ3) is 3.33. The van der Waals surface area contributed by atoms with Crippen molar-refractivity contribution < 1.29 is 9.15 Å². The number of benzene rings is 1. The Bertz CT molecular complexity index is 769. The molecule has 2 N–H and O–H groups in total. The monoisotopic (exact) mass is 356 g/mol. The maximum absolute atomic E-state index is 5.69. The Hall–Kier alpha value is -2.34. The van der Waals surface area contributed by atoms with Gasteiger partial charge in [0.1, 0.15) is 6.26 Å². The molecule has 2 aromatic rings. The van der Waals surface area contributed by atoms with Crippen LogP contribution in [0.2, 0.25) is 0 Å². The predicted molar refractivity (Wildman–Crippen MR) is 103 cm³/mol. The van der Waals surface area contributed by atoms with Crippen LogP contribution < -0.4 is 10.6 Å². The zero-order chi connectivity index (χ0) is 18.8. The molecule has 26 heavy (non-hydrogen) atoms. The molecular weight excluding hydrogens is 328 g/mol. The van der Waals surface area contributed by atoms with Crippen molar-refractivity contribution in [2.75, 3.05) is 14.2 Å². The van der Waals surface area contributed by atoms with E-state index < -0.39 is 0 Å². The molecule has 3 rings (SSSR count). The van der Waals surface area contributed by atoms with Gasteiger partial charge in [-0.15, -0.1) is 0 Å². The van der Waals surface area contributed by atoms with Gasteiger partial charge in [-0.1, -0.05) is 32.0 Å². The van der Waals surface area contributed by atoms with Crippen LogP contribution in [0.5, 0.6) is 0 Å². The summed E-state index contributed by atoms with van der Waals surface area (Å²) in [6, 6.07) is 10.2. The lowest BCUT2D eigenvalue weighted by Gasteiger charge is -2.59. The van der Waals surface area contributed by atoms with Crippen molar-refractivity contribution in [3.63, 3.8) is 0 Å². The van der Waals surface area contributed by atoms with E-state index in [0.29, 0.717) is 18.5 Å². The van der Waals surface area contributed by atoms with Gasteiger partial charge in [-0.05, 0) is 25.5 Å². The Labute approximate surface area is 155 Å². The van der Waals surface area contributed by atoms with E-state index in [4.69, 9.17) is 9.15 Å². The van der Waals surface area contributed by atoms with Crippen LogP contribution in [0.1, 0.15) is 32.9 Å². The molecule has 2 atom stereocenters. The van der Waals surface area contributed by atoms with Crippen LogP contribution in [0.15, 0.2) is 46.0 Å². The molecular formula is C20H28N4O2. The molecule has 2 unspecified atom stereocenters. The normalized spacial score (nSPS) is 24.8. The highest BCUT2D eigenvalue weighted by Crippen LogP contribution is 2.51. The quantitative estimate of drug-likeness (QED) is 0.636. The highest BCUT2D eigenvalue weighted by atomic mass is 16.5. The van der Waals surface area contributed by atoms with Gasteiger partial charge in [0.05, 0.1) is 17.8 Å². The van der Waals surface area contributed by atoms with Crippen molar-refractivity contribution in [2.24, 2.45) is 10.4 Å². The molecule has 0 aliphatic heterocycles. The fourth-order valence-electron chi connectivity index (χ4n) is 3.36. The van der Waals surface area contributed by atoms with Gasteiger partial charge in [-0.2, -0.15) is 0 Å². The number of nitrogens with zero attached hydrogens (tertiary/aromatic N) is 2. The molecule has 1 fully saturated rings. The minimum Gasteiger partial charge on any atom is -0.444 e. The molecule has 1 aromatic carbocycles. The van der Waals surface area contributed by atoms with E-state index in [1.165, 1.54) is 0 Å². The van der Waals surface area contributed by atoms with Crippen LogP contribution in [0.3, 0.4) is 0 Å². The SMILES string of the molecule is CN=C(NCc1coc(-c2ccccc2)n1)NC1CC(C)(OC)C1(C)C. The number of aromatic nitrogens is 1. The number of ether oxygens (including phenoxy) is 1. The van der Waals surface area contributed by atoms with E-state index in [2.05, 4.69) is 41.4 Å². The van der Waals surface area contributed by atoms with Crippen LogP contribution in [-0.4, -0.2) is 36.7 Å². The maximum Gasteiger partial charge on any atom is 0.226 e. The molecule has 1 heterocycles. The number of methoxy groups -OCH3 is 1. The van der Waals surface area contributed by atoms with E-state index in [0.717, 1.165) is 23.6 Å². The third-order valence-electron chi connectivity index (χ3n) is 5.82. The number of guanidine groups is 1. The summed E-state index contributed by atoms with van der Waals surface area (Å²) in [4.78, 5) is 8.86. The minimum absolute atomic E-state index is 0.0216. The van der Waals surface area contributed by atoms with Crippen LogP contribution in [0.4, 0.5) is 0 Å². The van der Waals surface area contributed by atoms with Gasteiger partial charge in [0, 0.05) is 31.2 Å². The first kappa shape index (κ1) is 18.5. The fraction of sp³-hybridized carbons (Fsp3) is 0.500. The number of aliphatic imine (C=N–C) groups is 1. The molecule has 6 heteroatoms. The molecule has 0 saturated heterocycles. The van der Waals surface area contributed by atoms with Crippen molar-refractivity contribution >= 4 is 5.96 Å². The van der Waals surface area contributed by atoms with Crippen molar-refractivity contribution in [1.29, 1.82) is 0 Å². The summed E-state index contributed by atoms with van der Waals surface area (Å²) in [6.07, 6.45) is 2.62. The lowest BCUT2D eigenvalue weighted by molar-refractivity contribution is -0.176. The van der Waals surface area contributed by atoms with E-state index >= 15 is 0 Å². The zero-order valence-corrected chi connectivity index (χ0v) is 16.2. The number of nitrogens with one attached hydrogen (secondary N) is 2. The summed E-state index contributed by atoms with van der Waals surface area (Å²) in [5.41, 5.74) is 1.71. The smallest absolute Gasteiger partial charge is 0.226 e. The van der Waals surface area contributed by atoms with Gasteiger partial charge in [0.2, 0.25) is 5.89 Å². The van der Waals surface area contributed by atoms with E-state index in [9.17, 15) is 0 Å². The Balaban J connectivity index is 1.57. The summed E-state index contributed by atoms with van der Waals surface area (Å²) in [5, 5.41) is 6.80. The highest BCUT2D eigenvalue weighted by Gasteiger charge is 2.58. The van der Waals surface area contributed by atoms with Crippen LogP contribution in [-0.2, 0) is 11.3 Å². The third-order valence-corrected chi connectivity index (χ3v) is 5.82. The zero-order valence-electron chi connectivity index (χ0n) is 16.2. The number of hydrogen-bond acceptors (Lipinski definition) is 4. The summed E-state index contributed by atoms with van der Waals surface area (Å²) >= 11 is 0. The second-order valence-corrected chi connectivity index (χ2v) is 7.49. The standard InChI is InChI=1S/C20H28N4O2/c1-19(2)16(11-20(19,3)25-5)24-18(21-4)22-12-15-13-26-17(23-15)14-9-7-6-8-10-14/h6-10,13,16H,11-12H2,1-5H3,(H2,21,22,24). The van der Waals surface area contributed by atoms with Gasteiger partial charge in [-0.3, -0.25) is 4.99 Å². The molecule has 1 saturated carbocycles. The first-order valence-corrected chi connectivity index (χ1v) is 8.92. The summed E-state index contributed by atoms with van der Waals surface area (Å²) in [5.74, 6) is 1.38. The number of hydrogen-bond donors (Lipinski definition) is 2. The van der Waals surface area contributed by atoms with E-state index in [1.807, 2.05) is 30.3 Å². The van der Waals surface area contributed by atoms with Gasteiger partial charge in [0.15, 0.2) is 5.96 Å². The Morgan fingerprint density at radius 3 is 2.65 bits per heavy atom. The molecule has 0 radical (unpaired) electrons. The van der Waals surface area contributed by atoms with E-state index in [1.54, 1.807) is 20.4 Å². The lowest BCUT2D eigenvalue weighted by Crippen LogP contribution is -2.69. The molecule has 6 nitrogen and oxygen atoms in total. The fourth-order valence-corrected chi connectivity index (χ4v) is 3.36. The largest absolute Gasteiger partial charge is 0.444 e. The molecule has 0 bridgehead atoms. The highest BCUT2D eigenvalue weighted by molar-refractivity contribution is 5.80. The molecule has 0 amide bonds. The number of rotatable bonds is 5. The van der Waals surface area contributed by atoms with E-state index in [-0.39, 0.29) is 11.0 Å². The Morgan fingerprint density at radius 1 is 1.31 bits per heavy atom. The van der Waals surface area contributed by atoms with Crippen LogP contribution in [0.25, 0.3) is 11.5 Å². The molecule has 0 spiro atoms. The van der Waals surface area contributed by atoms with Gasteiger partial charge in [-0.25, -0.2) is 4.98 Å². The van der Waals surface area contributed by atoms with Crippen LogP contribution >= 0.6 is 0 Å². The summed E-state index contributed by atoms with van der Waals surface area (Å²) in [7, 11) is 3.55. The first-order valence-electron chi connectivity index (χ1n) is 8.92. The summed E-state index contributed by atoms with van der Waals surface area (Å²) in [6.45, 7) is 7.13. The molecule has 1 aliphatic rings. The maximum atomic E-state index is 5.69. The average molecular weight is 356 g/mol. The van der Waals surface area contributed by atoms with Crippen LogP contribution in [0, 0.1) is 5.41 Å². The second-order valence-electron chi connectivity index (χ2n) is 7.49. The molecule has 1 aliphatic carbocycles. The molecule has 1 aromatic heterocycles. The second kappa shape index (κ2) is 7.11.